The van der Waals surface area contributed by atoms with Gasteiger partial charge in [0, 0.05) is 12.2 Å². The van der Waals surface area contributed by atoms with Gasteiger partial charge in [-0.15, -0.1) is 0 Å². The molecule has 0 aliphatic heterocycles. The van der Waals surface area contributed by atoms with Crippen molar-refractivity contribution < 1.29 is 23.9 Å². The van der Waals surface area contributed by atoms with Gasteiger partial charge in [0.1, 0.15) is 17.7 Å². The van der Waals surface area contributed by atoms with Gasteiger partial charge in [0.25, 0.3) is 5.91 Å². The van der Waals surface area contributed by atoms with Gasteiger partial charge in [-0.1, -0.05) is 74.7 Å². The fourth-order valence-electron chi connectivity index (χ4n) is 5.13. The first kappa shape index (κ1) is 34.1. The summed E-state index contributed by atoms with van der Waals surface area (Å²) in [7, 11) is 0. The van der Waals surface area contributed by atoms with Crippen molar-refractivity contribution in [2.75, 3.05) is 11.9 Å². The third-order valence-electron chi connectivity index (χ3n) is 7.45. The number of amides is 4. The molecule has 44 heavy (non-hydrogen) atoms. The van der Waals surface area contributed by atoms with Crippen LogP contribution >= 0.6 is 0 Å². The first-order chi connectivity index (χ1) is 20.8. The number of hydrogen-bond donors (Lipinski definition) is 3. The largest absolute Gasteiger partial charge is 0.444 e. The second-order valence-electron chi connectivity index (χ2n) is 12.2. The lowest BCUT2D eigenvalue weighted by Crippen LogP contribution is -2.53. The van der Waals surface area contributed by atoms with Crippen LogP contribution in [0.15, 0.2) is 60.7 Å². The molecule has 9 nitrogen and oxygen atoms in total. The average molecular weight is 603 g/mol. The molecule has 0 aromatic heterocycles. The summed E-state index contributed by atoms with van der Waals surface area (Å²) in [6.07, 6.45) is 2.11. The number of carbonyl (C=O) groups excluding carboxylic acids is 4. The molecule has 0 fully saturated rings. The zero-order valence-electron chi connectivity index (χ0n) is 26.7. The Morgan fingerprint density at radius 3 is 2.27 bits per heavy atom. The molecule has 3 aromatic carbocycles. The van der Waals surface area contributed by atoms with Crippen molar-refractivity contribution in [3.63, 3.8) is 0 Å². The lowest BCUT2D eigenvalue weighted by Gasteiger charge is -2.35. The van der Waals surface area contributed by atoms with E-state index in [1.54, 1.807) is 20.8 Å². The van der Waals surface area contributed by atoms with Crippen LogP contribution in [0.25, 0.3) is 10.8 Å². The summed E-state index contributed by atoms with van der Waals surface area (Å²) in [4.78, 5) is 55.0. The molecule has 9 heteroatoms. The fourth-order valence-corrected chi connectivity index (χ4v) is 5.13. The Kier molecular flexibility index (Phi) is 11.9. The highest BCUT2D eigenvalue weighted by Crippen LogP contribution is 2.30. The summed E-state index contributed by atoms with van der Waals surface area (Å²) >= 11 is 0. The van der Waals surface area contributed by atoms with Crippen LogP contribution in [0.3, 0.4) is 0 Å². The normalized spacial score (nSPS) is 12.7. The average Bonchev–Trinajstić information content (AvgIpc) is 2.94. The topological polar surface area (TPSA) is 131 Å². The minimum absolute atomic E-state index is 0.229. The third-order valence-corrected chi connectivity index (χ3v) is 7.45. The van der Waals surface area contributed by atoms with Gasteiger partial charge in [-0.3, -0.25) is 14.4 Å². The van der Waals surface area contributed by atoms with E-state index >= 15 is 0 Å². The molecule has 4 N–H and O–H groups in total. The molecule has 0 bridgehead atoms. The number of aryl methyl sites for hydroxylation is 1. The van der Waals surface area contributed by atoms with E-state index in [2.05, 4.69) is 17.6 Å². The molecule has 4 amide bonds. The number of fused-ring (bicyclic) bond motifs is 1. The summed E-state index contributed by atoms with van der Waals surface area (Å²) in [5.74, 6) is -1.77. The Hall–Kier alpha value is -4.40. The fraction of sp³-hybridized carbons (Fsp3) is 0.429. The van der Waals surface area contributed by atoms with Crippen LogP contribution in [0.1, 0.15) is 82.5 Å². The zero-order valence-corrected chi connectivity index (χ0v) is 26.7. The van der Waals surface area contributed by atoms with Crippen LogP contribution in [0.4, 0.5) is 10.5 Å². The van der Waals surface area contributed by atoms with E-state index < -0.39 is 47.9 Å². The molecule has 0 heterocycles. The first-order valence-corrected chi connectivity index (χ1v) is 15.2. The number of hydrogen-bond acceptors (Lipinski definition) is 5. The van der Waals surface area contributed by atoms with Crippen LogP contribution in [-0.2, 0) is 19.1 Å². The number of primary amides is 1. The molecule has 0 radical (unpaired) electrons. The van der Waals surface area contributed by atoms with Crippen molar-refractivity contribution in [1.82, 2.24) is 10.2 Å². The minimum atomic E-state index is -1.32. The van der Waals surface area contributed by atoms with Crippen molar-refractivity contribution in [2.45, 2.75) is 91.3 Å². The summed E-state index contributed by atoms with van der Waals surface area (Å²) < 4.78 is 5.38. The standard InChI is InChI=1S/C35H46N4O5/c1-7-8-9-12-20-39(33(42)29(22-30(36)40)38-34(43)44-35(4,5)6)31(28-17-13-14-23(2)24(28)3)32(41)37-27-19-18-25-15-10-11-16-26(25)21-27/h10-11,13-19,21,29,31H,7-9,12,20,22H2,1-6H3,(H2,36,40)(H,37,41)(H,38,43). The highest BCUT2D eigenvalue weighted by atomic mass is 16.6. The lowest BCUT2D eigenvalue weighted by atomic mass is 9.94. The second-order valence-corrected chi connectivity index (χ2v) is 12.2. The van der Waals surface area contributed by atoms with E-state index in [1.807, 2.05) is 74.5 Å². The predicted octanol–water partition coefficient (Wildman–Crippen LogP) is 6.31. The van der Waals surface area contributed by atoms with Crippen LogP contribution in [-0.4, -0.2) is 46.9 Å². The predicted molar refractivity (Wildman–Crippen MR) is 174 cm³/mol. The van der Waals surface area contributed by atoms with Crippen molar-refractivity contribution in [1.29, 1.82) is 0 Å². The molecule has 0 aliphatic carbocycles. The van der Waals surface area contributed by atoms with Gasteiger partial charge in [-0.05, 0) is 80.6 Å². The number of unbranched alkanes of at least 4 members (excludes halogenated alkanes) is 3. The number of nitrogens with one attached hydrogen (secondary N) is 2. The van der Waals surface area contributed by atoms with Gasteiger partial charge in [0.15, 0.2) is 0 Å². The number of alkyl carbamates (subject to hydrolysis) is 1. The monoisotopic (exact) mass is 602 g/mol. The molecule has 0 aliphatic rings. The minimum Gasteiger partial charge on any atom is -0.444 e. The highest BCUT2D eigenvalue weighted by Gasteiger charge is 2.37. The van der Waals surface area contributed by atoms with Crippen LogP contribution in [0.2, 0.25) is 0 Å². The Morgan fingerprint density at radius 2 is 1.61 bits per heavy atom. The molecular formula is C35H46N4O5. The molecular weight excluding hydrogens is 556 g/mol. The van der Waals surface area contributed by atoms with Crippen molar-refractivity contribution >= 4 is 40.3 Å². The maximum Gasteiger partial charge on any atom is 0.408 e. The van der Waals surface area contributed by atoms with Gasteiger partial charge in [-0.2, -0.15) is 0 Å². The Labute approximate surface area is 260 Å². The quantitative estimate of drug-likeness (QED) is 0.197. The van der Waals surface area contributed by atoms with E-state index in [1.165, 1.54) is 4.90 Å². The number of nitrogens with zero attached hydrogens (tertiary/aromatic N) is 1. The molecule has 2 unspecified atom stereocenters. The molecule has 2 atom stereocenters. The van der Waals surface area contributed by atoms with Gasteiger partial charge in [0.05, 0.1) is 6.42 Å². The Morgan fingerprint density at radius 1 is 0.909 bits per heavy atom. The SMILES string of the molecule is CCCCCCN(C(=O)C(CC(N)=O)NC(=O)OC(C)(C)C)C(C(=O)Nc1ccc2ccccc2c1)c1cccc(C)c1C. The number of anilines is 1. The summed E-state index contributed by atoms with van der Waals surface area (Å²) in [5, 5.41) is 7.57. The Balaban J connectivity index is 2.08. The van der Waals surface area contributed by atoms with Gasteiger partial charge >= 0.3 is 6.09 Å². The summed E-state index contributed by atoms with van der Waals surface area (Å²) in [6, 6.07) is 16.8. The molecule has 236 valence electrons. The number of rotatable bonds is 13. The molecule has 0 spiro atoms. The molecule has 3 rings (SSSR count). The number of nitrogens with two attached hydrogens (primary N) is 1. The smallest absolute Gasteiger partial charge is 0.408 e. The molecule has 3 aromatic rings. The zero-order chi connectivity index (χ0) is 32.4. The maximum absolute atomic E-state index is 14.4. The van der Waals surface area contributed by atoms with Crippen LogP contribution < -0.4 is 16.4 Å². The highest BCUT2D eigenvalue weighted by molar-refractivity contribution is 6.01. The van der Waals surface area contributed by atoms with Crippen molar-refractivity contribution in [2.24, 2.45) is 5.73 Å². The summed E-state index contributed by atoms with van der Waals surface area (Å²) in [5.41, 5.74) is 7.77. The van der Waals surface area contributed by atoms with Crippen molar-refractivity contribution in [3.8, 4) is 0 Å². The van der Waals surface area contributed by atoms with Gasteiger partial charge in [0.2, 0.25) is 11.8 Å². The molecule has 0 saturated carbocycles. The molecule has 0 saturated heterocycles. The van der Waals surface area contributed by atoms with Crippen LogP contribution in [0, 0.1) is 13.8 Å². The number of benzene rings is 3. The summed E-state index contributed by atoms with van der Waals surface area (Å²) in [6.45, 7) is 11.3. The van der Waals surface area contributed by atoms with E-state index in [9.17, 15) is 19.2 Å². The third kappa shape index (κ3) is 9.56. The van der Waals surface area contributed by atoms with E-state index in [0.717, 1.165) is 41.2 Å². The van der Waals surface area contributed by atoms with Crippen molar-refractivity contribution in [3.05, 3.63) is 77.4 Å². The van der Waals surface area contributed by atoms with Gasteiger partial charge < -0.3 is 26.0 Å². The van der Waals surface area contributed by atoms with Crippen LogP contribution in [0.5, 0.6) is 0 Å². The Bertz CT molecular complexity index is 1480. The number of carbonyl (C=O) groups is 4. The second kappa shape index (κ2) is 15.4. The van der Waals surface area contributed by atoms with E-state index in [0.29, 0.717) is 17.7 Å². The number of ether oxygens (including phenoxy) is 1. The first-order valence-electron chi connectivity index (χ1n) is 15.2. The van der Waals surface area contributed by atoms with Gasteiger partial charge in [-0.25, -0.2) is 4.79 Å². The maximum atomic E-state index is 14.4. The lowest BCUT2D eigenvalue weighted by molar-refractivity contribution is -0.142. The van der Waals surface area contributed by atoms with E-state index in [4.69, 9.17) is 10.5 Å². The van der Waals surface area contributed by atoms with E-state index in [-0.39, 0.29) is 6.54 Å².